The number of aliphatic hydroxyl groups is 1. The van der Waals surface area contributed by atoms with E-state index in [0.29, 0.717) is 0 Å². The standard InChI is InChI=1S/C13H19NO/c1-13(2)8-3-9-14(13)12-6-4-11(10-15)5-7-12/h4-7,15H,3,8-10H2,1-2H3. The molecule has 1 saturated heterocycles. The Morgan fingerprint density at radius 1 is 1.27 bits per heavy atom. The molecule has 1 N–H and O–H groups in total. The zero-order chi connectivity index (χ0) is 10.9. The number of rotatable bonds is 2. The first-order valence-electron chi connectivity index (χ1n) is 5.61. The van der Waals surface area contributed by atoms with Crippen LogP contribution < -0.4 is 4.90 Å². The molecule has 2 nitrogen and oxygen atoms in total. The molecule has 82 valence electrons. The van der Waals surface area contributed by atoms with Crippen molar-refractivity contribution in [3.05, 3.63) is 29.8 Å². The molecule has 0 atom stereocenters. The fourth-order valence-electron chi connectivity index (χ4n) is 2.37. The highest BCUT2D eigenvalue weighted by molar-refractivity contribution is 5.50. The van der Waals surface area contributed by atoms with E-state index in [0.717, 1.165) is 12.1 Å². The van der Waals surface area contributed by atoms with E-state index in [9.17, 15) is 0 Å². The Morgan fingerprint density at radius 2 is 1.93 bits per heavy atom. The van der Waals surface area contributed by atoms with E-state index in [1.807, 2.05) is 12.1 Å². The Kier molecular flexibility index (Phi) is 2.70. The zero-order valence-electron chi connectivity index (χ0n) is 9.53. The predicted octanol–water partition coefficient (Wildman–Crippen LogP) is 2.56. The van der Waals surface area contributed by atoms with E-state index in [1.54, 1.807) is 0 Å². The van der Waals surface area contributed by atoms with Crippen LogP contribution in [0.4, 0.5) is 5.69 Å². The van der Waals surface area contributed by atoms with E-state index in [-0.39, 0.29) is 12.1 Å². The van der Waals surface area contributed by atoms with Crippen molar-refractivity contribution in [1.82, 2.24) is 0 Å². The fraction of sp³-hybridized carbons (Fsp3) is 0.538. The minimum Gasteiger partial charge on any atom is -0.392 e. The van der Waals surface area contributed by atoms with Crippen LogP contribution in [0, 0.1) is 0 Å². The van der Waals surface area contributed by atoms with E-state index in [2.05, 4.69) is 30.9 Å². The monoisotopic (exact) mass is 205 g/mol. The van der Waals surface area contributed by atoms with Gasteiger partial charge in [0.25, 0.3) is 0 Å². The summed E-state index contributed by atoms with van der Waals surface area (Å²) in [5, 5.41) is 8.98. The topological polar surface area (TPSA) is 23.5 Å². The molecule has 15 heavy (non-hydrogen) atoms. The summed E-state index contributed by atoms with van der Waals surface area (Å²) in [6, 6.07) is 8.23. The molecule has 0 aromatic heterocycles. The summed E-state index contributed by atoms with van der Waals surface area (Å²) in [6.07, 6.45) is 2.53. The number of anilines is 1. The van der Waals surface area contributed by atoms with Crippen molar-refractivity contribution in [1.29, 1.82) is 0 Å². The van der Waals surface area contributed by atoms with Gasteiger partial charge in [-0.25, -0.2) is 0 Å². The van der Waals surface area contributed by atoms with Crippen LogP contribution in [0.1, 0.15) is 32.3 Å². The first-order valence-corrected chi connectivity index (χ1v) is 5.61. The highest BCUT2D eigenvalue weighted by Crippen LogP contribution is 2.33. The molecule has 1 aromatic carbocycles. The third kappa shape index (κ3) is 2.00. The first-order chi connectivity index (χ1) is 7.13. The van der Waals surface area contributed by atoms with Crippen LogP contribution >= 0.6 is 0 Å². The number of nitrogens with zero attached hydrogens (tertiary/aromatic N) is 1. The first kappa shape index (κ1) is 10.5. The van der Waals surface area contributed by atoms with Crippen molar-refractivity contribution < 1.29 is 5.11 Å². The molecule has 0 spiro atoms. The summed E-state index contributed by atoms with van der Waals surface area (Å²) in [4.78, 5) is 2.45. The molecule has 1 heterocycles. The molecule has 1 aliphatic heterocycles. The largest absolute Gasteiger partial charge is 0.392 e. The van der Waals surface area contributed by atoms with Crippen molar-refractivity contribution in [2.75, 3.05) is 11.4 Å². The van der Waals surface area contributed by atoms with Crippen LogP contribution in [-0.4, -0.2) is 17.2 Å². The average molecular weight is 205 g/mol. The fourth-order valence-corrected chi connectivity index (χ4v) is 2.37. The molecular weight excluding hydrogens is 186 g/mol. The third-order valence-electron chi connectivity index (χ3n) is 3.33. The molecule has 0 radical (unpaired) electrons. The lowest BCUT2D eigenvalue weighted by atomic mass is 10.0. The average Bonchev–Trinajstić information content (AvgIpc) is 2.58. The van der Waals surface area contributed by atoms with Crippen molar-refractivity contribution in [3.8, 4) is 0 Å². The Hall–Kier alpha value is -1.02. The molecule has 0 unspecified atom stereocenters. The predicted molar refractivity (Wildman–Crippen MR) is 63.0 cm³/mol. The van der Waals surface area contributed by atoms with Gasteiger partial charge in [-0.05, 0) is 44.4 Å². The summed E-state index contributed by atoms with van der Waals surface area (Å²) < 4.78 is 0. The van der Waals surface area contributed by atoms with Gasteiger partial charge >= 0.3 is 0 Å². The smallest absolute Gasteiger partial charge is 0.0681 e. The van der Waals surface area contributed by atoms with Crippen LogP contribution in [0.15, 0.2) is 24.3 Å². The minimum atomic E-state index is 0.129. The lowest BCUT2D eigenvalue weighted by Crippen LogP contribution is -2.38. The van der Waals surface area contributed by atoms with Crippen LogP contribution in [-0.2, 0) is 6.61 Å². The van der Waals surface area contributed by atoms with Gasteiger partial charge in [0.05, 0.1) is 6.61 Å². The second-order valence-corrected chi connectivity index (χ2v) is 4.89. The quantitative estimate of drug-likeness (QED) is 0.802. The lowest BCUT2D eigenvalue weighted by molar-refractivity contribution is 0.282. The van der Waals surface area contributed by atoms with Gasteiger partial charge < -0.3 is 10.0 Å². The molecule has 2 heteroatoms. The number of hydrogen-bond acceptors (Lipinski definition) is 2. The molecular formula is C13H19NO. The molecule has 0 amide bonds. The summed E-state index contributed by atoms with van der Waals surface area (Å²) in [6.45, 7) is 5.86. The van der Waals surface area contributed by atoms with Gasteiger partial charge in [0.15, 0.2) is 0 Å². The summed E-state index contributed by atoms with van der Waals surface area (Å²) >= 11 is 0. The van der Waals surface area contributed by atoms with Gasteiger partial charge in [-0.2, -0.15) is 0 Å². The van der Waals surface area contributed by atoms with E-state index >= 15 is 0 Å². The summed E-state index contributed by atoms with van der Waals surface area (Å²) in [5.74, 6) is 0. The number of benzene rings is 1. The maximum Gasteiger partial charge on any atom is 0.0681 e. The van der Waals surface area contributed by atoms with Crippen molar-refractivity contribution >= 4 is 5.69 Å². The third-order valence-corrected chi connectivity index (χ3v) is 3.33. The summed E-state index contributed by atoms with van der Waals surface area (Å²) in [5.41, 5.74) is 2.53. The maximum atomic E-state index is 8.98. The van der Waals surface area contributed by atoms with Crippen molar-refractivity contribution in [3.63, 3.8) is 0 Å². The maximum absolute atomic E-state index is 8.98. The highest BCUT2D eigenvalue weighted by Gasteiger charge is 2.31. The van der Waals surface area contributed by atoms with Gasteiger partial charge in [0.2, 0.25) is 0 Å². The van der Waals surface area contributed by atoms with E-state index in [1.165, 1.54) is 18.5 Å². The Bertz CT molecular complexity index is 329. The van der Waals surface area contributed by atoms with E-state index in [4.69, 9.17) is 5.11 Å². The second kappa shape index (κ2) is 3.86. The minimum absolute atomic E-state index is 0.129. The molecule has 2 rings (SSSR count). The van der Waals surface area contributed by atoms with Crippen molar-refractivity contribution in [2.45, 2.75) is 38.8 Å². The van der Waals surface area contributed by atoms with Gasteiger partial charge in [0, 0.05) is 17.8 Å². The van der Waals surface area contributed by atoms with Crippen molar-refractivity contribution in [2.24, 2.45) is 0 Å². The zero-order valence-corrected chi connectivity index (χ0v) is 9.53. The molecule has 1 aromatic rings. The van der Waals surface area contributed by atoms with Gasteiger partial charge in [0.1, 0.15) is 0 Å². The molecule has 0 saturated carbocycles. The Labute approximate surface area is 91.5 Å². The Balaban J connectivity index is 2.22. The highest BCUT2D eigenvalue weighted by atomic mass is 16.3. The van der Waals surface area contributed by atoms with Gasteiger partial charge in [-0.15, -0.1) is 0 Å². The van der Waals surface area contributed by atoms with Gasteiger partial charge in [-0.3, -0.25) is 0 Å². The second-order valence-electron chi connectivity index (χ2n) is 4.89. The molecule has 1 fully saturated rings. The Morgan fingerprint density at radius 3 is 2.40 bits per heavy atom. The normalized spacial score (nSPS) is 19.5. The lowest BCUT2D eigenvalue weighted by Gasteiger charge is -2.33. The van der Waals surface area contributed by atoms with Crippen LogP contribution in [0.5, 0.6) is 0 Å². The van der Waals surface area contributed by atoms with Crippen LogP contribution in [0.3, 0.4) is 0 Å². The number of aliphatic hydroxyl groups excluding tert-OH is 1. The van der Waals surface area contributed by atoms with E-state index < -0.39 is 0 Å². The van der Waals surface area contributed by atoms with Crippen LogP contribution in [0.2, 0.25) is 0 Å². The van der Waals surface area contributed by atoms with Gasteiger partial charge in [-0.1, -0.05) is 12.1 Å². The summed E-state index contributed by atoms with van der Waals surface area (Å²) in [7, 11) is 0. The molecule has 0 aliphatic carbocycles. The molecule has 0 bridgehead atoms. The SMILES string of the molecule is CC1(C)CCCN1c1ccc(CO)cc1. The molecule has 1 aliphatic rings. The van der Waals surface area contributed by atoms with Crippen LogP contribution in [0.25, 0.3) is 0 Å². The number of hydrogen-bond donors (Lipinski definition) is 1.